The van der Waals surface area contributed by atoms with Crippen molar-refractivity contribution in [3.05, 3.63) is 68.8 Å². The van der Waals surface area contributed by atoms with Crippen molar-refractivity contribution >= 4 is 23.3 Å². The van der Waals surface area contributed by atoms with E-state index in [1.165, 1.54) is 48.5 Å². The Balaban J connectivity index is 1.80. The van der Waals surface area contributed by atoms with Crippen LogP contribution in [0.15, 0.2) is 48.5 Å². The van der Waals surface area contributed by atoms with E-state index in [2.05, 4.69) is 0 Å². The van der Waals surface area contributed by atoms with Crippen LogP contribution in [0.5, 0.6) is 11.5 Å². The summed E-state index contributed by atoms with van der Waals surface area (Å²) in [5.74, 6) is -1.19. The summed E-state index contributed by atoms with van der Waals surface area (Å²) in [6, 6.07) is 9.82. The lowest BCUT2D eigenvalue weighted by molar-refractivity contribution is -0.385. The topological polar surface area (TPSA) is 139 Å². The highest BCUT2D eigenvalue weighted by Gasteiger charge is 2.13. The molecule has 2 aromatic carbocycles. The van der Waals surface area contributed by atoms with Crippen molar-refractivity contribution in [2.45, 2.75) is 12.8 Å². The quantitative estimate of drug-likeness (QED) is 0.318. The monoisotopic (exact) mass is 360 g/mol. The van der Waals surface area contributed by atoms with Crippen molar-refractivity contribution in [2.24, 2.45) is 0 Å². The molecule has 0 fully saturated rings. The molecule has 10 nitrogen and oxygen atoms in total. The van der Waals surface area contributed by atoms with Crippen LogP contribution >= 0.6 is 0 Å². The number of nitro groups is 2. The Labute approximate surface area is 146 Å². The first-order chi connectivity index (χ1) is 12.3. The molecule has 0 aromatic heterocycles. The second kappa shape index (κ2) is 8.33. The van der Waals surface area contributed by atoms with Gasteiger partial charge in [0.1, 0.15) is 11.5 Å². The van der Waals surface area contributed by atoms with Crippen LogP contribution in [0.2, 0.25) is 0 Å². The van der Waals surface area contributed by atoms with Crippen molar-refractivity contribution in [3.63, 3.8) is 0 Å². The molecule has 0 aliphatic rings. The van der Waals surface area contributed by atoms with Gasteiger partial charge in [-0.15, -0.1) is 0 Å². The van der Waals surface area contributed by atoms with Gasteiger partial charge >= 0.3 is 11.9 Å². The first kappa shape index (κ1) is 18.5. The lowest BCUT2D eigenvalue weighted by Gasteiger charge is -2.05. The molecule has 134 valence electrons. The standard InChI is InChI=1S/C16H12N2O8/c19-15(25-13-5-1-11(2-6-13)17(21)22)9-10-16(20)26-14-7-3-12(4-8-14)18(23)24/h1-8H,9-10H2. The number of carbonyl (C=O) groups is 2. The van der Waals surface area contributed by atoms with Crippen molar-refractivity contribution in [1.29, 1.82) is 0 Å². The third-order valence-corrected chi connectivity index (χ3v) is 3.09. The van der Waals surface area contributed by atoms with E-state index < -0.39 is 21.8 Å². The third kappa shape index (κ3) is 5.37. The van der Waals surface area contributed by atoms with Gasteiger partial charge in [-0.25, -0.2) is 0 Å². The largest absolute Gasteiger partial charge is 0.427 e. The van der Waals surface area contributed by atoms with Crippen LogP contribution in [0.4, 0.5) is 11.4 Å². The molecule has 10 heteroatoms. The molecule has 26 heavy (non-hydrogen) atoms. The molecule has 0 amide bonds. The maximum Gasteiger partial charge on any atom is 0.311 e. The van der Waals surface area contributed by atoms with Gasteiger partial charge in [0, 0.05) is 24.3 Å². The number of nitro benzene ring substituents is 2. The van der Waals surface area contributed by atoms with Crippen LogP contribution in [-0.2, 0) is 9.59 Å². The summed E-state index contributed by atoms with van der Waals surface area (Å²) in [6.07, 6.45) is -0.522. The number of benzene rings is 2. The number of non-ortho nitro benzene ring substituents is 2. The fourth-order valence-corrected chi connectivity index (χ4v) is 1.84. The molecule has 0 aliphatic carbocycles. The second-order valence-electron chi connectivity index (χ2n) is 4.95. The van der Waals surface area contributed by atoms with Crippen LogP contribution in [0.25, 0.3) is 0 Å². The van der Waals surface area contributed by atoms with Gasteiger partial charge in [0.25, 0.3) is 11.4 Å². The van der Waals surface area contributed by atoms with Gasteiger partial charge in [0.05, 0.1) is 22.7 Å². The summed E-state index contributed by atoms with van der Waals surface area (Å²) in [5, 5.41) is 21.1. The number of carbonyl (C=O) groups excluding carboxylic acids is 2. The fourth-order valence-electron chi connectivity index (χ4n) is 1.84. The molecule has 0 N–H and O–H groups in total. The number of nitrogens with zero attached hydrogens (tertiary/aromatic N) is 2. The van der Waals surface area contributed by atoms with Gasteiger partial charge in [-0.05, 0) is 24.3 Å². The number of ether oxygens (including phenoxy) is 2. The number of hydrogen-bond acceptors (Lipinski definition) is 8. The summed E-state index contributed by atoms with van der Waals surface area (Å²) in [7, 11) is 0. The smallest absolute Gasteiger partial charge is 0.311 e. The number of hydrogen-bond donors (Lipinski definition) is 0. The van der Waals surface area contributed by atoms with E-state index in [4.69, 9.17) is 9.47 Å². The maximum atomic E-state index is 11.7. The fraction of sp³-hybridized carbons (Fsp3) is 0.125. The molecule has 0 atom stereocenters. The van der Waals surface area contributed by atoms with Crippen molar-refractivity contribution in [3.8, 4) is 11.5 Å². The van der Waals surface area contributed by atoms with E-state index in [9.17, 15) is 29.8 Å². The lowest BCUT2D eigenvalue weighted by Crippen LogP contribution is -2.14. The molecule has 0 heterocycles. The summed E-state index contributed by atoms with van der Waals surface area (Å²) in [5.41, 5.74) is -0.284. The van der Waals surface area contributed by atoms with Crippen molar-refractivity contribution < 1.29 is 28.9 Å². The zero-order valence-corrected chi connectivity index (χ0v) is 13.2. The van der Waals surface area contributed by atoms with Gasteiger partial charge in [0.2, 0.25) is 0 Å². The molecule has 0 aliphatic heterocycles. The minimum atomic E-state index is -0.709. The highest BCUT2D eigenvalue weighted by Crippen LogP contribution is 2.19. The van der Waals surface area contributed by atoms with Gasteiger partial charge < -0.3 is 9.47 Å². The predicted octanol–water partition coefficient (Wildman–Crippen LogP) is 2.79. The molecule has 0 saturated heterocycles. The first-order valence-electron chi connectivity index (χ1n) is 7.25. The Morgan fingerprint density at radius 2 is 1.00 bits per heavy atom. The molecule has 0 saturated carbocycles. The minimum absolute atomic E-state index is 0.115. The van der Waals surface area contributed by atoms with E-state index in [1.54, 1.807) is 0 Å². The van der Waals surface area contributed by atoms with Gasteiger partial charge in [-0.3, -0.25) is 29.8 Å². The Hall–Kier alpha value is -3.82. The molecule has 0 unspecified atom stereocenters. The molecule has 0 bridgehead atoms. The first-order valence-corrected chi connectivity index (χ1v) is 7.25. The van der Waals surface area contributed by atoms with Gasteiger partial charge in [-0.1, -0.05) is 0 Å². The normalized spacial score (nSPS) is 10.0. The van der Waals surface area contributed by atoms with Gasteiger partial charge in [0.15, 0.2) is 0 Å². The second-order valence-corrected chi connectivity index (χ2v) is 4.95. The Kier molecular flexibility index (Phi) is 5.93. The number of rotatable bonds is 7. The van der Waals surface area contributed by atoms with Crippen LogP contribution in [0, 0.1) is 20.2 Å². The van der Waals surface area contributed by atoms with Crippen LogP contribution in [-0.4, -0.2) is 21.8 Å². The highest BCUT2D eigenvalue weighted by atomic mass is 16.6. The molecular weight excluding hydrogens is 348 g/mol. The molecule has 2 rings (SSSR count). The molecule has 0 radical (unpaired) electrons. The summed E-state index contributed by atoms with van der Waals surface area (Å²) in [4.78, 5) is 43.2. The molecule has 0 spiro atoms. The zero-order chi connectivity index (χ0) is 19.1. The van der Waals surface area contributed by atoms with Gasteiger partial charge in [-0.2, -0.15) is 0 Å². The predicted molar refractivity (Wildman–Crippen MR) is 86.7 cm³/mol. The summed E-state index contributed by atoms with van der Waals surface area (Å²) < 4.78 is 9.90. The van der Waals surface area contributed by atoms with E-state index in [0.29, 0.717) is 0 Å². The molecular formula is C16H12N2O8. The van der Waals surface area contributed by atoms with Crippen molar-refractivity contribution in [2.75, 3.05) is 0 Å². The Morgan fingerprint density at radius 3 is 1.27 bits per heavy atom. The van der Waals surface area contributed by atoms with Crippen LogP contribution < -0.4 is 9.47 Å². The molecule has 2 aromatic rings. The SMILES string of the molecule is O=C(CCC(=O)Oc1ccc([N+](=O)[O-])cc1)Oc1ccc([N+](=O)[O-])cc1. The lowest BCUT2D eigenvalue weighted by atomic mass is 10.3. The van der Waals surface area contributed by atoms with E-state index in [0.717, 1.165) is 0 Å². The highest BCUT2D eigenvalue weighted by molar-refractivity contribution is 5.80. The summed E-state index contributed by atoms with van der Waals surface area (Å²) in [6.45, 7) is 0. The number of esters is 2. The Bertz CT molecular complexity index is 759. The van der Waals surface area contributed by atoms with E-state index in [1.807, 2.05) is 0 Å². The van der Waals surface area contributed by atoms with Crippen molar-refractivity contribution in [1.82, 2.24) is 0 Å². The van der Waals surface area contributed by atoms with E-state index in [-0.39, 0.29) is 35.7 Å². The average Bonchev–Trinajstić information content (AvgIpc) is 2.61. The Morgan fingerprint density at radius 1 is 0.692 bits per heavy atom. The summed E-state index contributed by atoms with van der Waals surface area (Å²) >= 11 is 0. The average molecular weight is 360 g/mol. The maximum absolute atomic E-state index is 11.7. The van der Waals surface area contributed by atoms with Crippen LogP contribution in [0.3, 0.4) is 0 Å². The van der Waals surface area contributed by atoms with Crippen LogP contribution in [0.1, 0.15) is 12.8 Å². The zero-order valence-electron chi connectivity index (χ0n) is 13.2. The van der Waals surface area contributed by atoms with E-state index >= 15 is 0 Å². The minimum Gasteiger partial charge on any atom is -0.427 e. The third-order valence-electron chi connectivity index (χ3n) is 3.09.